The molecule has 1 heterocycles. The van der Waals surface area contributed by atoms with Crippen molar-refractivity contribution in [3.63, 3.8) is 0 Å². The molecule has 2 aromatic rings. The van der Waals surface area contributed by atoms with Crippen LogP contribution < -0.4 is 15.4 Å². The highest BCUT2D eigenvalue weighted by Gasteiger charge is 2.25. The third-order valence-corrected chi connectivity index (χ3v) is 5.97. The van der Waals surface area contributed by atoms with Gasteiger partial charge < -0.3 is 20.1 Å². The predicted octanol–water partition coefficient (Wildman–Crippen LogP) is 3.93. The standard InChI is InChI=1S/C23H28FN3O4S/c1-3-32-19-6-4-5-18(12-19)31-23-20(11-15(24)13-25-23)22(29)27-17-9-7-16(8-10-17)26-21(28)14-30-2/h4-6,11-13,16-17H,3,7-10,14H2,1-2H3,(H,26,28)(H,27,29). The van der Waals surface area contributed by atoms with Gasteiger partial charge in [-0.05, 0) is 55.7 Å². The Hall–Kier alpha value is -2.65. The molecule has 9 heteroatoms. The van der Waals surface area contributed by atoms with Gasteiger partial charge in [0.2, 0.25) is 11.8 Å². The lowest BCUT2D eigenvalue weighted by Crippen LogP contribution is -2.44. The third kappa shape index (κ3) is 6.93. The summed E-state index contributed by atoms with van der Waals surface area (Å²) in [6.45, 7) is 2.09. The smallest absolute Gasteiger partial charge is 0.257 e. The zero-order valence-corrected chi connectivity index (χ0v) is 19.0. The lowest BCUT2D eigenvalue weighted by molar-refractivity contribution is -0.125. The van der Waals surface area contributed by atoms with E-state index >= 15 is 0 Å². The zero-order valence-electron chi connectivity index (χ0n) is 18.2. The lowest BCUT2D eigenvalue weighted by Gasteiger charge is -2.29. The van der Waals surface area contributed by atoms with Gasteiger partial charge in [-0.2, -0.15) is 0 Å². The van der Waals surface area contributed by atoms with Gasteiger partial charge in [-0.1, -0.05) is 13.0 Å². The van der Waals surface area contributed by atoms with Gasteiger partial charge in [-0.25, -0.2) is 9.37 Å². The van der Waals surface area contributed by atoms with Gasteiger partial charge in [0.05, 0.1) is 6.20 Å². The van der Waals surface area contributed by atoms with Crippen LogP contribution >= 0.6 is 11.8 Å². The minimum absolute atomic E-state index is 0.0338. The number of hydrogen-bond donors (Lipinski definition) is 2. The number of carbonyl (C=O) groups is 2. The van der Waals surface area contributed by atoms with E-state index in [2.05, 4.69) is 22.5 Å². The number of aromatic nitrogens is 1. The van der Waals surface area contributed by atoms with Gasteiger partial charge >= 0.3 is 0 Å². The summed E-state index contributed by atoms with van der Waals surface area (Å²) in [4.78, 5) is 29.6. The number of halogens is 1. The number of thioether (sulfide) groups is 1. The summed E-state index contributed by atoms with van der Waals surface area (Å²) in [5.41, 5.74) is 0.0501. The Kier molecular flexibility index (Phi) is 8.87. The quantitative estimate of drug-likeness (QED) is 0.550. The van der Waals surface area contributed by atoms with E-state index in [1.54, 1.807) is 17.8 Å². The van der Waals surface area contributed by atoms with Crippen molar-refractivity contribution in [3.05, 3.63) is 47.9 Å². The Labute approximate surface area is 191 Å². The van der Waals surface area contributed by atoms with Gasteiger partial charge in [0.1, 0.15) is 23.7 Å². The molecule has 1 saturated carbocycles. The number of benzene rings is 1. The molecule has 0 aliphatic heterocycles. The average molecular weight is 462 g/mol. The predicted molar refractivity (Wildman–Crippen MR) is 121 cm³/mol. The van der Waals surface area contributed by atoms with E-state index in [-0.39, 0.29) is 36.0 Å². The Balaban J connectivity index is 1.63. The number of methoxy groups -OCH3 is 1. The molecule has 0 saturated heterocycles. The molecular weight excluding hydrogens is 433 g/mol. The average Bonchev–Trinajstić information content (AvgIpc) is 2.77. The van der Waals surface area contributed by atoms with E-state index in [0.29, 0.717) is 18.6 Å². The minimum atomic E-state index is -0.609. The molecule has 0 radical (unpaired) electrons. The fraction of sp³-hybridized carbons (Fsp3) is 0.435. The van der Waals surface area contributed by atoms with E-state index in [0.717, 1.165) is 35.8 Å². The van der Waals surface area contributed by atoms with Crippen LogP contribution in [0.1, 0.15) is 43.0 Å². The molecule has 0 unspecified atom stereocenters. The number of nitrogens with zero attached hydrogens (tertiary/aromatic N) is 1. The van der Waals surface area contributed by atoms with Crippen LogP contribution in [-0.2, 0) is 9.53 Å². The van der Waals surface area contributed by atoms with E-state index in [9.17, 15) is 14.0 Å². The molecule has 2 amide bonds. The van der Waals surface area contributed by atoms with E-state index in [1.807, 2.05) is 18.2 Å². The van der Waals surface area contributed by atoms with Crippen molar-refractivity contribution < 1.29 is 23.5 Å². The minimum Gasteiger partial charge on any atom is -0.438 e. The molecule has 0 spiro atoms. The first-order valence-corrected chi connectivity index (χ1v) is 11.6. The molecule has 172 valence electrons. The van der Waals surface area contributed by atoms with Crippen LogP contribution in [0.5, 0.6) is 11.6 Å². The summed E-state index contributed by atoms with van der Waals surface area (Å²) < 4.78 is 24.5. The SMILES string of the molecule is CCSc1cccc(Oc2ncc(F)cc2C(=O)NC2CCC(NC(=O)COC)CC2)c1. The summed E-state index contributed by atoms with van der Waals surface area (Å²) in [5, 5.41) is 5.88. The van der Waals surface area contributed by atoms with Gasteiger partial charge in [0.15, 0.2) is 0 Å². The van der Waals surface area contributed by atoms with Crippen molar-refractivity contribution in [2.45, 2.75) is 49.6 Å². The molecule has 0 bridgehead atoms. The highest BCUT2D eigenvalue weighted by molar-refractivity contribution is 7.99. The fourth-order valence-corrected chi connectivity index (χ4v) is 4.33. The lowest BCUT2D eigenvalue weighted by atomic mass is 9.91. The van der Waals surface area contributed by atoms with Crippen molar-refractivity contribution in [1.82, 2.24) is 15.6 Å². The van der Waals surface area contributed by atoms with Gasteiger partial charge in [-0.15, -0.1) is 11.8 Å². The van der Waals surface area contributed by atoms with Crippen LogP contribution in [0.3, 0.4) is 0 Å². The summed E-state index contributed by atoms with van der Waals surface area (Å²) in [7, 11) is 1.48. The molecule has 1 aliphatic carbocycles. The highest BCUT2D eigenvalue weighted by atomic mass is 32.2. The van der Waals surface area contributed by atoms with Gasteiger partial charge in [0.25, 0.3) is 5.91 Å². The highest BCUT2D eigenvalue weighted by Crippen LogP contribution is 2.28. The monoisotopic (exact) mass is 461 g/mol. The summed E-state index contributed by atoms with van der Waals surface area (Å²) in [5.74, 6) is 0.325. The largest absolute Gasteiger partial charge is 0.438 e. The Morgan fingerprint density at radius 1 is 1.16 bits per heavy atom. The fourth-order valence-electron chi connectivity index (χ4n) is 3.62. The summed E-state index contributed by atoms with van der Waals surface area (Å²) >= 11 is 1.67. The third-order valence-electron chi connectivity index (χ3n) is 5.10. The topological polar surface area (TPSA) is 89.5 Å². The molecule has 1 fully saturated rings. The maximum atomic E-state index is 13.9. The van der Waals surface area contributed by atoms with Crippen LogP contribution in [-0.4, -0.2) is 48.4 Å². The number of hydrogen-bond acceptors (Lipinski definition) is 6. The second kappa shape index (κ2) is 11.8. The van der Waals surface area contributed by atoms with Gasteiger partial charge in [0, 0.05) is 24.1 Å². The number of amides is 2. The molecule has 3 rings (SSSR count). The maximum Gasteiger partial charge on any atom is 0.257 e. The van der Waals surface area contributed by atoms with Crippen LogP contribution in [0.15, 0.2) is 41.4 Å². The second-order valence-electron chi connectivity index (χ2n) is 7.54. The molecule has 1 aromatic carbocycles. The summed E-state index contributed by atoms with van der Waals surface area (Å²) in [6, 6.07) is 8.60. The zero-order chi connectivity index (χ0) is 22.9. The van der Waals surface area contributed by atoms with E-state index in [1.165, 1.54) is 7.11 Å². The van der Waals surface area contributed by atoms with Crippen molar-refractivity contribution in [3.8, 4) is 11.6 Å². The van der Waals surface area contributed by atoms with Crippen molar-refractivity contribution in [1.29, 1.82) is 0 Å². The Morgan fingerprint density at radius 3 is 2.56 bits per heavy atom. The number of ether oxygens (including phenoxy) is 2. The van der Waals surface area contributed by atoms with E-state index in [4.69, 9.17) is 9.47 Å². The summed E-state index contributed by atoms with van der Waals surface area (Å²) in [6.07, 6.45) is 3.93. The Bertz CT molecular complexity index is 935. The Morgan fingerprint density at radius 2 is 1.88 bits per heavy atom. The van der Waals surface area contributed by atoms with Crippen LogP contribution in [0.2, 0.25) is 0 Å². The number of rotatable bonds is 9. The normalized spacial score (nSPS) is 18.1. The number of carbonyl (C=O) groups excluding carboxylic acids is 2. The second-order valence-corrected chi connectivity index (χ2v) is 8.88. The van der Waals surface area contributed by atoms with E-state index < -0.39 is 11.7 Å². The van der Waals surface area contributed by atoms with Crippen molar-refractivity contribution in [2.75, 3.05) is 19.5 Å². The maximum absolute atomic E-state index is 13.9. The number of pyridine rings is 1. The molecule has 1 aliphatic rings. The first-order chi connectivity index (χ1) is 15.5. The van der Waals surface area contributed by atoms with Crippen LogP contribution in [0, 0.1) is 5.82 Å². The van der Waals surface area contributed by atoms with Crippen molar-refractivity contribution >= 4 is 23.6 Å². The molecule has 7 nitrogen and oxygen atoms in total. The van der Waals surface area contributed by atoms with Crippen LogP contribution in [0.25, 0.3) is 0 Å². The van der Waals surface area contributed by atoms with Crippen LogP contribution in [0.4, 0.5) is 4.39 Å². The first kappa shape index (κ1) is 24.0. The van der Waals surface area contributed by atoms with Crippen molar-refractivity contribution in [2.24, 2.45) is 0 Å². The molecule has 2 N–H and O–H groups in total. The molecule has 32 heavy (non-hydrogen) atoms. The first-order valence-electron chi connectivity index (χ1n) is 10.6. The molecular formula is C23H28FN3O4S. The van der Waals surface area contributed by atoms with Gasteiger partial charge in [-0.3, -0.25) is 9.59 Å². The number of nitrogens with one attached hydrogen (secondary N) is 2. The molecule has 0 atom stereocenters. The molecule has 1 aromatic heterocycles.